The number of piperazine rings is 1. The first-order valence-corrected chi connectivity index (χ1v) is 12.1. The lowest BCUT2D eigenvalue weighted by molar-refractivity contribution is 0.0710. The summed E-state index contributed by atoms with van der Waals surface area (Å²) in [6.07, 6.45) is 1.61. The van der Waals surface area contributed by atoms with E-state index in [-0.39, 0.29) is 12.5 Å². The molecule has 1 saturated heterocycles. The molecule has 1 amide bonds. The third-order valence-electron chi connectivity index (χ3n) is 6.08. The standard InChI is InChI=1S/C26H22N4O3S/c31-26(30-12-10-29(11-13-30)24-22-9-14-34-25(22)28-17-27-24)23-8-7-21(33-23)16-32-20-6-5-18-3-1-2-4-19(18)15-20/h1-9,14-15,17H,10-13,16H2. The highest BCUT2D eigenvalue weighted by Crippen LogP contribution is 2.28. The zero-order chi connectivity index (χ0) is 22.9. The van der Waals surface area contributed by atoms with Gasteiger partial charge < -0.3 is 19.0 Å². The monoisotopic (exact) mass is 470 g/mol. The number of aromatic nitrogens is 2. The lowest BCUT2D eigenvalue weighted by Crippen LogP contribution is -2.49. The molecule has 6 rings (SSSR count). The Labute approximate surface area is 200 Å². The number of carbonyl (C=O) groups excluding carboxylic acids is 1. The van der Waals surface area contributed by atoms with Crippen LogP contribution >= 0.6 is 11.3 Å². The summed E-state index contributed by atoms with van der Waals surface area (Å²) >= 11 is 1.61. The number of furan rings is 1. The molecule has 0 bridgehead atoms. The maximum Gasteiger partial charge on any atom is 0.289 e. The van der Waals surface area contributed by atoms with Crippen molar-refractivity contribution in [2.75, 3.05) is 31.1 Å². The quantitative estimate of drug-likeness (QED) is 0.361. The molecule has 1 aliphatic rings. The summed E-state index contributed by atoms with van der Waals surface area (Å²) in [5.41, 5.74) is 0. The number of hydrogen-bond acceptors (Lipinski definition) is 7. The predicted molar refractivity (Wildman–Crippen MR) is 133 cm³/mol. The number of carbonyl (C=O) groups is 1. The van der Waals surface area contributed by atoms with Crippen LogP contribution in [-0.4, -0.2) is 47.0 Å². The number of amides is 1. The molecule has 8 heteroatoms. The SMILES string of the molecule is O=C(c1ccc(COc2ccc3ccccc3c2)o1)N1CCN(c2ncnc3sccc23)CC1. The van der Waals surface area contributed by atoms with Gasteiger partial charge in [-0.05, 0) is 46.5 Å². The van der Waals surface area contributed by atoms with Gasteiger partial charge in [0.2, 0.25) is 0 Å². The van der Waals surface area contributed by atoms with Crippen molar-refractivity contribution >= 4 is 44.1 Å². The molecular weight excluding hydrogens is 448 g/mol. The number of thiophene rings is 1. The van der Waals surface area contributed by atoms with E-state index in [1.54, 1.807) is 29.8 Å². The van der Waals surface area contributed by atoms with Crippen molar-refractivity contribution in [3.05, 3.63) is 83.9 Å². The number of benzene rings is 2. The average molecular weight is 471 g/mol. The van der Waals surface area contributed by atoms with Crippen LogP contribution in [0.1, 0.15) is 16.3 Å². The highest BCUT2D eigenvalue weighted by atomic mass is 32.1. The molecule has 0 atom stereocenters. The van der Waals surface area contributed by atoms with E-state index in [1.165, 1.54) is 5.39 Å². The van der Waals surface area contributed by atoms with Crippen LogP contribution in [0.4, 0.5) is 5.82 Å². The first-order valence-electron chi connectivity index (χ1n) is 11.2. The maximum absolute atomic E-state index is 13.0. The van der Waals surface area contributed by atoms with Crippen molar-refractivity contribution in [1.29, 1.82) is 0 Å². The van der Waals surface area contributed by atoms with Crippen molar-refractivity contribution in [2.45, 2.75) is 6.61 Å². The Morgan fingerprint density at radius 3 is 2.71 bits per heavy atom. The van der Waals surface area contributed by atoms with Crippen LogP contribution in [0.3, 0.4) is 0 Å². The molecule has 0 saturated carbocycles. The van der Waals surface area contributed by atoms with Crippen molar-refractivity contribution in [2.24, 2.45) is 0 Å². The molecule has 2 aromatic carbocycles. The number of hydrogen-bond donors (Lipinski definition) is 0. The summed E-state index contributed by atoms with van der Waals surface area (Å²) in [6.45, 7) is 2.92. The van der Waals surface area contributed by atoms with E-state index in [4.69, 9.17) is 9.15 Å². The summed E-state index contributed by atoms with van der Waals surface area (Å²) in [5, 5.41) is 5.38. The predicted octanol–water partition coefficient (Wildman–Crippen LogP) is 4.98. The van der Waals surface area contributed by atoms with Crippen molar-refractivity contribution in [3.63, 3.8) is 0 Å². The molecule has 1 fully saturated rings. The van der Waals surface area contributed by atoms with E-state index in [0.717, 1.165) is 27.2 Å². The van der Waals surface area contributed by atoms with Crippen LogP contribution in [0.5, 0.6) is 5.75 Å². The Balaban J connectivity index is 1.07. The molecule has 0 aliphatic carbocycles. The highest BCUT2D eigenvalue weighted by molar-refractivity contribution is 7.16. The van der Waals surface area contributed by atoms with Gasteiger partial charge in [0, 0.05) is 26.2 Å². The molecule has 0 unspecified atom stereocenters. The minimum atomic E-state index is -0.0972. The van der Waals surface area contributed by atoms with E-state index < -0.39 is 0 Å². The van der Waals surface area contributed by atoms with Crippen LogP contribution in [0.2, 0.25) is 0 Å². The molecule has 7 nitrogen and oxygen atoms in total. The number of nitrogens with zero attached hydrogens (tertiary/aromatic N) is 4. The number of fused-ring (bicyclic) bond motifs is 2. The normalized spacial score (nSPS) is 14.1. The summed E-state index contributed by atoms with van der Waals surface area (Å²) in [4.78, 5) is 26.8. The van der Waals surface area contributed by atoms with Gasteiger partial charge in [0.15, 0.2) is 5.76 Å². The van der Waals surface area contributed by atoms with Gasteiger partial charge in [-0.2, -0.15) is 0 Å². The van der Waals surface area contributed by atoms with Crippen LogP contribution in [0.15, 0.2) is 76.8 Å². The average Bonchev–Trinajstić information content (AvgIpc) is 3.57. The summed E-state index contributed by atoms with van der Waals surface area (Å²) in [5.74, 6) is 2.57. The molecule has 0 N–H and O–H groups in total. The molecular formula is C26H22N4O3S. The first kappa shape index (κ1) is 20.7. The van der Waals surface area contributed by atoms with E-state index in [0.29, 0.717) is 37.7 Å². The lowest BCUT2D eigenvalue weighted by Gasteiger charge is -2.35. The van der Waals surface area contributed by atoms with Crippen molar-refractivity contribution < 1.29 is 13.9 Å². The Hall–Kier alpha value is -3.91. The Kier molecular flexibility index (Phi) is 5.35. The van der Waals surface area contributed by atoms with Crippen LogP contribution < -0.4 is 9.64 Å². The molecule has 170 valence electrons. The number of anilines is 1. The van der Waals surface area contributed by atoms with Gasteiger partial charge in [0.05, 0.1) is 5.39 Å². The molecule has 5 aromatic rings. The summed E-state index contributed by atoms with van der Waals surface area (Å²) < 4.78 is 11.7. The third kappa shape index (κ3) is 3.97. The molecule has 3 aromatic heterocycles. The molecule has 4 heterocycles. The second-order valence-electron chi connectivity index (χ2n) is 8.18. The Morgan fingerprint density at radius 1 is 0.971 bits per heavy atom. The summed E-state index contributed by atoms with van der Waals surface area (Å²) in [6, 6.07) is 19.7. The number of rotatable bonds is 5. The second-order valence-corrected chi connectivity index (χ2v) is 9.07. The number of ether oxygens (including phenoxy) is 1. The minimum absolute atomic E-state index is 0.0972. The Morgan fingerprint density at radius 2 is 1.82 bits per heavy atom. The van der Waals surface area contributed by atoms with Gasteiger partial charge in [-0.3, -0.25) is 4.79 Å². The smallest absolute Gasteiger partial charge is 0.289 e. The first-order chi connectivity index (χ1) is 16.7. The fraction of sp³-hybridized carbons (Fsp3) is 0.192. The fourth-order valence-electron chi connectivity index (χ4n) is 4.29. The van der Waals surface area contributed by atoms with E-state index >= 15 is 0 Å². The van der Waals surface area contributed by atoms with Crippen LogP contribution in [0, 0.1) is 0 Å². The highest BCUT2D eigenvalue weighted by Gasteiger charge is 2.26. The molecule has 0 radical (unpaired) electrons. The van der Waals surface area contributed by atoms with E-state index in [9.17, 15) is 4.79 Å². The zero-order valence-electron chi connectivity index (χ0n) is 18.4. The van der Waals surface area contributed by atoms with Gasteiger partial charge >= 0.3 is 0 Å². The summed E-state index contributed by atoms with van der Waals surface area (Å²) in [7, 11) is 0. The van der Waals surface area contributed by atoms with E-state index in [2.05, 4.69) is 33.1 Å². The zero-order valence-corrected chi connectivity index (χ0v) is 19.2. The maximum atomic E-state index is 13.0. The van der Waals surface area contributed by atoms with Crippen LogP contribution in [0.25, 0.3) is 21.0 Å². The molecule has 34 heavy (non-hydrogen) atoms. The largest absolute Gasteiger partial charge is 0.486 e. The minimum Gasteiger partial charge on any atom is -0.486 e. The van der Waals surface area contributed by atoms with Crippen molar-refractivity contribution in [1.82, 2.24) is 14.9 Å². The fourth-order valence-corrected chi connectivity index (χ4v) is 5.02. The van der Waals surface area contributed by atoms with Crippen LogP contribution in [-0.2, 0) is 6.61 Å². The van der Waals surface area contributed by atoms with Gasteiger partial charge in [-0.1, -0.05) is 30.3 Å². The molecule has 0 spiro atoms. The third-order valence-corrected chi connectivity index (χ3v) is 6.90. The lowest BCUT2D eigenvalue weighted by atomic mass is 10.1. The van der Waals surface area contributed by atoms with Gasteiger partial charge in [-0.15, -0.1) is 11.3 Å². The van der Waals surface area contributed by atoms with Gasteiger partial charge in [0.25, 0.3) is 5.91 Å². The molecule has 1 aliphatic heterocycles. The second kappa shape index (κ2) is 8.79. The van der Waals surface area contributed by atoms with Gasteiger partial charge in [0.1, 0.15) is 35.1 Å². The van der Waals surface area contributed by atoms with Gasteiger partial charge in [-0.25, -0.2) is 9.97 Å². The Bertz CT molecular complexity index is 1470. The van der Waals surface area contributed by atoms with Crippen molar-refractivity contribution in [3.8, 4) is 5.75 Å². The topological polar surface area (TPSA) is 71.7 Å². The van der Waals surface area contributed by atoms with E-state index in [1.807, 2.05) is 40.6 Å².